The molecule has 2 N–H and O–H groups in total. The largest absolute Gasteiger partial charge is 0.463 e. The smallest absolute Gasteiger partial charge is 0.285 e. The van der Waals surface area contributed by atoms with E-state index in [1.54, 1.807) is 26.2 Å². The molecule has 1 amide bonds. The first-order chi connectivity index (χ1) is 15.8. The standard InChI is InChI=1S/C23H18F2N6O2/c1-12-20(21(26)32)33-13(2)31(12)17-9-8-16(24)18(19(17)25)22-28-23-27-10-15(11-30(23)29-22)14-6-4-3-5-7-14/h3-11,13H,1-2H3,(H2,26,32). The number of carbonyl (C=O) groups is 1. The summed E-state index contributed by atoms with van der Waals surface area (Å²) in [6.07, 6.45) is 2.59. The van der Waals surface area contributed by atoms with E-state index >= 15 is 4.39 Å². The summed E-state index contributed by atoms with van der Waals surface area (Å²) in [5.41, 5.74) is 6.95. The molecule has 0 saturated carbocycles. The number of hydrogen-bond donors (Lipinski definition) is 1. The average molecular weight is 448 g/mol. The molecule has 0 bridgehead atoms. The Balaban J connectivity index is 1.61. The van der Waals surface area contributed by atoms with Gasteiger partial charge >= 0.3 is 0 Å². The summed E-state index contributed by atoms with van der Waals surface area (Å²) in [4.78, 5) is 21.5. The van der Waals surface area contributed by atoms with Crippen LogP contribution >= 0.6 is 0 Å². The molecule has 0 spiro atoms. The van der Waals surface area contributed by atoms with Crippen LogP contribution < -0.4 is 10.6 Å². The fourth-order valence-electron chi connectivity index (χ4n) is 3.90. The van der Waals surface area contributed by atoms with E-state index in [-0.39, 0.29) is 23.0 Å². The highest BCUT2D eigenvalue weighted by Crippen LogP contribution is 2.37. The normalized spacial score (nSPS) is 15.9. The van der Waals surface area contributed by atoms with Crippen LogP contribution in [0.5, 0.6) is 0 Å². The van der Waals surface area contributed by atoms with Crippen LogP contribution in [0.15, 0.2) is 66.3 Å². The Labute approximate surface area is 186 Å². The second kappa shape index (κ2) is 7.66. The third-order valence-corrected chi connectivity index (χ3v) is 5.42. The van der Waals surface area contributed by atoms with Gasteiger partial charge in [0, 0.05) is 18.0 Å². The van der Waals surface area contributed by atoms with Gasteiger partial charge in [0.2, 0.25) is 5.76 Å². The van der Waals surface area contributed by atoms with Crippen LogP contribution in [0.3, 0.4) is 0 Å². The number of anilines is 1. The van der Waals surface area contributed by atoms with Crippen molar-refractivity contribution in [2.24, 2.45) is 5.73 Å². The van der Waals surface area contributed by atoms with E-state index in [9.17, 15) is 9.18 Å². The molecule has 0 radical (unpaired) electrons. The minimum Gasteiger partial charge on any atom is -0.463 e. The molecule has 1 aliphatic heterocycles. The zero-order valence-corrected chi connectivity index (χ0v) is 17.7. The molecule has 3 heterocycles. The predicted molar refractivity (Wildman–Crippen MR) is 116 cm³/mol. The first kappa shape index (κ1) is 20.6. The van der Waals surface area contributed by atoms with Gasteiger partial charge in [-0.05, 0) is 31.5 Å². The fourth-order valence-corrected chi connectivity index (χ4v) is 3.90. The molecule has 10 heteroatoms. The number of rotatable bonds is 4. The number of amides is 1. The molecule has 33 heavy (non-hydrogen) atoms. The molecule has 5 rings (SSSR count). The monoisotopic (exact) mass is 448 g/mol. The SMILES string of the molecule is CC1=C(C(N)=O)OC(C)N1c1ccc(F)c(-c2nc3ncc(-c4ccccc4)cn3n2)c1F. The van der Waals surface area contributed by atoms with Crippen molar-refractivity contribution in [2.45, 2.75) is 20.1 Å². The first-order valence-electron chi connectivity index (χ1n) is 10.1. The van der Waals surface area contributed by atoms with Gasteiger partial charge in [-0.15, -0.1) is 5.10 Å². The Morgan fingerprint density at radius 1 is 1.12 bits per heavy atom. The summed E-state index contributed by atoms with van der Waals surface area (Å²) in [5.74, 6) is -2.54. The minimum atomic E-state index is -0.894. The summed E-state index contributed by atoms with van der Waals surface area (Å²) in [5, 5.41) is 4.27. The summed E-state index contributed by atoms with van der Waals surface area (Å²) in [6.45, 7) is 3.20. The molecule has 1 atom stereocenters. The number of nitrogens with two attached hydrogens (primary N) is 1. The van der Waals surface area contributed by atoms with Gasteiger partial charge in [0.25, 0.3) is 11.7 Å². The quantitative estimate of drug-likeness (QED) is 0.512. The maximum atomic E-state index is 15.6. The van der Waals surface area contributed by atoms with Gasteiger partial charge in [-0.2, -0.15) is 4.98 Å². The molecule has 0 fully saturated rings. The lowest BCUT2D eigenvalue weighted by Crippen LogP contribution is -2.28. The van der Waals surface area contributed by atoms with Gasteiger partial charge in [-0.1, -0.05) is 30.3 Å². The molecule has 1 unspecified atom stereocenters. The van der Waals surface area contributed by atoms with Crippen LogP contribution in [0, 0.1) is 11.6 Å². The highest BCUT2D eigenvalue weighted by molar-refractivity contribution is 5.92. The predicted octanol–water partition coefficient (Wildman–Crippen LogP) is 3.64. The van der Waals surface area contributed by atoms with E-state index in [1.165, 1.54) is 15.5 Å². The van der Waals surface area contributed by atoms with Crippen molar-refractivity contribution in [1.82, 2.24) is 19.6 Å². The molecule has 8 nitrogen and oxygen atoms in total. The highest BCUT2D eigenvalue weighted by Gasteiger charge is 2.34. The van der Waals surface area contributed by atoms with Crippen LogP contribution in [-0.4, -0.2) is 31.7 Å². The number of carbonyl (C=O) groups excluding carboxylic acids is 1. The number of primary amides is 1. The summed E-state index contributed by atoms with van der Waals surface area (Å²) < 4.78 is 37.3. The first-order valence-corrected chi connectivity index (χ1v) is 10.1. The number of ether oxygens (including phenoxy) is 1. The zero-order valence-electron chi connectivity index (χ0n) is 17.7. The molecule has 1 aliphatic rings. The summed E-state index contributed by atoms with van der Waals surface area (Å²) in [7, 11) is 0. The van der Waals surface area contributed by atoms with Crippen molar-refractivity contribution in [3.63, 3.8) is 0 Å². The summed E-state index contributed by atoms with van der Waals surface area (Å²) >= 11 is 0. The number of halogens is 2. The number of aromatic nitrogens is 4. The van der Waals surface area contributed by atoms with Crippen LogP contribution in [0.2, 0.25) is 0 Å². The molecular formula is C23H18F2N6O2. The highest BCUT2D eigenvalue weighted by atomic mass is 19.1. The second-order valence-electron chi connectivity index (χ2n) is 7.51. The third-order valence-electron chi connectivity index (χ3n) is 5.42. The van der Waals surface area contributed by atoms with E-state index in [0.717, 1.165) is 17.2 Å². The Bertz CT molecular complexity index is 1430. The van der Waals surface area contributed by atoms with Crippen molar-refractivity contribution in [3.8, 4) is 22.5 Å². The summed E-state index contributed by atoms with van der Waals surface area (Å²) in [6, 6.07) is 11.9. The minimum absolute atomic E-state index is 0.00411. The van der Waals surface area contributed by atoms with E-state index < -0.39 is 29.3 Å². The second-order valence-corrected chi connectivity index (χ2v) is 7.51. The lowest BCUT2D eigenvalue weighted by atomic mass is 10.1. The van der Waals surface area contributed by atoms with Gasteiger partial charge in [0.05, 0.1) is 16.9 Å². The lowest BCUT2D eigenvalue weighted by molar-refractivity contribution is -0.118. The van der Waals surface area contributed by atoms with Crippen LogP contribution in [0.4, 0.5) is 14.5 Å². The van der Waals surface area contributed by atoms with Crippen LogP contribution in [0.1, 0.15) is 13.8 Å². The lowest BCUT2D eigenvalue weighted by Gasteiger charge is -2.24. The van der Waals surface area contributed by atoms with Crippen molar-refractivity contribution in [1.29, 1.82) is 0 Å². The van der Waals surface area contributed by atoms with Gasteiger partial charge in [-0.3, -0.25) is 4.79 Å². The van der Waals surface area contributed by atoms with E-state index in [2.05, 4.69) is 15.1 Å². The van der Waals surface area contributed by atoms with Crippen molar-refractivity contribution in [3.05, 3.63) is 77.9 Å². The number of hydrogen-bond acceptors (Lipinski definition) is 6. The Morgan fingerprint density at radius 2 is 1.88 bits per heavy atom. The van der Waals surface area contributed by atoms with Crippen molar-refractivity contribution < 1.29 is 18.3 Å². The number of allylic oxidation sites excluding steroid dienone is 1. The van der Waals surface area contributed by atoms with Crippen LogP contribution in [0.25, 0.3) is 28.3 Å². The zero-order chi connectivity index (χ0) is 23.3. The van der Waals surface area contributed by atoms with E-state index in [1.807, 2.05) is 30.3 Å². The molecule has 4 aromatic rings. The number of fused-ring (bicyclic) bond motifs is 1. The maximum absolute atomic E-state index is 15.6. The Kier molecular flexibility index (Phi) is 4.77. The van der Waals surface area contributed by atoms with Crippen molar-refractivity contribution >= 4 is 17.4 Å². The van der Waals surface area contributed by atoms with E-state index in [4.69, 9.17) is 10.5 Å². The number of nitrogens with zero attached hydrogens (tertiary/aromatic N) is 5. The number of benzene rings is 2. The van der Waals surface area contributed by atoms with E-state index in [0.29, 0.717) is 5.70 Å². The fraction of sp³-hybridized carbons (Fsp3) is 0.130. The van der Waals surface area contributed by atoms with Crippen LogP contribution in [-0.2, 0) is 9.53 Å². The van der Waals surface area contributed by atoms with Gasteiger partial charge < -0.3 is 15.4 Å². The maximum Gasteiger partial charge on any atom is 0.285 e. The molecule has 166 valence electrons. The Morgan fingerprint density at radius 3 is 2.58 bits per heavy atom. The topological polar surface area (TPSA) is 98.6 Å². The Hall–Kier alpha value is -4.34. The van der Waals surface area contributed by atoms with Gasteiger partial charge in [0.1, 0.15) is 5.82 Å². The van der Waals surface area contributed by atoms with Crippen molar-refractivity contribution in [2.75, 3.05) is 4.90 Å². The molecule has 0 saturated heterocycles. The van der Waals surface area contributed by atoms with Gasteiger partial charge in [-0.25, -0.2) is 18.3 Å². The molecule has 2 aromatic carbocycles. The average Bonchev–Trinajstić information content (AvgIpc) is 3.34. The molecule has 0 aliphatic carbocycles. The van der Waals surface area contributed by atoms with Gasteiger partial charge in [0.15, 0.2) is 17.9 Å². The third kappa shape index (κ3) is 3.36. The molecular weight excluding hydrogens is 430 g/mol. The molecule has 2 aromatic heterocycles.